The van der Waals surface area contributed by atoms with E-state index in [1.165, 1.54) is 19.1 Å². The average molecular weight is 279 g/mol. The van der Waals surface area contributed by atoms with Crippen molar-refractivity contribution >= 4 is 11.9 Å². The second-order valence-corrected chi connectivity index (χ2v) is 3.83. The molecular weight excluding hydrogens is 265 g/mol. The summed E-state index contributed by atoms with van der Waals surface area (Å²) in [5.41, 5.74) is -0.287. The lowest BCUT2D eigenvalue weighted by atomic mass is 10.2. The predicted molar refractivity (Wildman–Crippen MR) is 68.4 cm³/mol. The number of amides is 3. The maximum Gasteiger partial charge on any atom is 0.321 e. The highest BCUT2D eigenvalue weighted by Crippen LogP contribution is 2.21. The fourth-order valence-electron chi connectivity index (χ4n) is 1.37. The van der Waals surface area contributed by atoms with Gasteiger partial charge in [-0.3, -0.25) is 10.1 Å². The Kier molecular flexibility index (Phi) is 5.47. The zero-order valence-corrected chi connectivity index (χ0v) is 11.1. The monoisotopic (exact) mass is 279 g/mol. The zero-order chi connectivity index (χ0) is 15.1. The lowest BCUT2D eigenvalue weighted by Crippen LogP contribution is -2.45. The molecule has 0 bridgehead atoms. The number of rotatable bonds is 4. The van der Waals surface area contributed by atoms with Crippen LogP contribution >= 0.6 is 0 Å². The van der Waals surface area contributed by atoms with E-state index in [-0.39, 0.29) is 11.3 Å². The van der Waals surface area contributed by atoms with Crippen LogP contribution in [-0.4, -0.2) is 24.6 Å². The molecule has 0 aliphatic carbocycles. The number of ether oxygens (including phenoxy) is 1. The highest BCUT2D eigenvalue weighted by Gasteiger charge is 2.19. The Bertz CT molecular complexity index is 554. The van der Waals surface area contributed by atoms with Crippen LogP contribution in [-0.2, 0) is 4.79 Å². The third-order valence-electron chi connectivity index (χ3n) is 2.33. The molecule has 0 aliphatic rings. The highest BCUT2D eigenvalue weighted by molar-refractivity contribution is 5.96. The van der Waals surface area contributed by atoms with E-state index in [0.717, 1.165) is 6.07 Å². The van der Waals surface area contributed by atoms with Crippen LogP contribution in [0.4, 0.5) is 9.18 Å². The molecule has 0 heterocycles. The Balaban J connectivity index is 2.74. The van der Waals surface area contributed by atoms with Crippen LogP contribution in [0.5, 0.6) is 5.75 Å². The van der Waals surface area contributed by atoms with E-state index < -0.39 is 23.9 Å². The predicted octanol–water partition coefficient (Wildman–Crippen LogP) is 1.31. The first-order valence-corrected chi connectivity index (χ1v) is 5.93. The molecule has 0 saturated heterocycles. The molecule has 6 nitrogen and oxygen atoms in total. The summed E-state index contributed by atoms with van der Waals surface area (Å²) in [4.78, 5) is 22.8. The van der Waals surface area contributed by atoms with Crippen molar-refractivity contribution < 1.29 is 18.7 Å². The lowest BCUT2D eigenvalue weighted by Gasteiger charge is -2.15. The van der Waals surface area contributed by atoms with Gasteiger partial charge in [-0.25, -0.2) is 9.18 Å². The molecule has 1 aromatic carbocycles. The van der Waals surface area contributed by atoms with Crippen molar-refractivity contribution in [1.82, 2.24) is 10.6 Å². The van der Waals surface area contributed by atoms with Gasteiger partial charge in [0.05, 0.1) is 0 Å². The molecule has 106 valence electrons. The molecule has 0 spiro atoms. The number of carbonyl (C=O) groups is 2. The number of benzene rings is 1. The Labute approximate surface area is 115 Å². The molecule has 0 aliphatic heterocycles. The summed E-state index contributed by atoms with van der Waals surface area (Å²) in [6.45, 7) is 3.47. The van der Waals surface area contributed by atoms with Gasteiger partial charge in [-0.1, -0.05) is 6.07 Å². The van der Waals surface area contributed by atoms with Crippen molar-refractivity contribution in [3.63, 3.8) is 0 Å². The number of imide groups is 1. The Morgan fingerprint density at radius 2 is 2.20 bits per heavy atom. The number of hydrogen-bond donors (Lipinski definition) is 2. The summed E-state index contributed by atoms with van der Waals surface area (Å²) in [6.07, 6.45) is -1.05. The van der Waals surface area contributed by atoms with E-state index in [4.69, 9.17) is 10.00 Å². The summed E-state index contributed by atoms with van der Waals surface area (Å²) >= 11 is 0. The standard InChI is InChI=1S/C13H14FN3O3/c1-3-16-13(19)17-12(18)8(2)20-11-6-4-5-10(14)9(11)7-15/h4-6,8H,3H2,1-2H3,(H2,16,17,18,19). The second kappa shape index (κ2) is 7.09. The topological polar surface area (TPSA) is 91.2 Å². The summed E-state index contributed by atoms with van der Waals surface area (Å²) in [6, 6.07) is 4.86. The molecule has 20 heavy (non-hydrogen) atoms. The van der Waals surface area contributed by atoms with Crippen LogP contribution in [0.1, 0.15) is 19.4 Å². The van der Waals surface area contributed by atoms with Crippen LogP contribution in [0.3, 0.4) is 0 Å². The Morgan fingerprint density at radius 3 is 2.80 bits per heavy atom. The van der Waals surface area contributed by atoms with Gasteiger partial charge in [-0.15, -0.1) is 0 Å². The van der Waals surface area contributed by atoms with E-state index >= 15 is 0 Å². The van der Waals surface area contributed by atoms with Crippen LogP contribution in [0.25, 0.3) is 0 Å². The van der Waals surface area contributed by atoms with Crippen molar-refractivity contribution in [3.8, 4) is 11.8 Å². The quantitative estimate of drug-likeness (QED) is 0.869. The van der Waals surface area contributed by atoms with Gasteiger partial charge < -0.3 is 10.1 Å². The van der Waals surface area contributed by atoms with Crippen LogP contribution in [0, 0.1) is 17.1 Å². The SMILES string of the molecule is CCNC(=O)NC(=O)C(C)Oc1cccc(F)c1C#N. The number of nitrogens with one attached hydrogen (secondary N) is 2. The molecular formula is C13H14FN3O3. The van der Waals surface area contributed by atoms with E-state index in [1.807, 2.05) is 0 Å². The van der Waals surface area contributed by atoms with Gasteiger partial charge in [0.25, 0.3) is 5.91 Å². The van der Waals surface area contributed by atoms with Gasteiger partial charge in [0, 0.05) is 6.54 Å². The van der Waals surface area contributed by atoms with Crippen LogP contribution < -0.4 is 15.4 Å². The number of halogens is 1. The molecule has 1 rings (SSSR count). The summed E-state index contributed by atoms with van der Waals surface area (Å²) in [5, 5.41) is 13.3. The van der Waals surface area contributed by atoms with Crippen LogP contribution in [0.2, 0.25) is 0 Å². The molecule has 7 heteroatoms. The molecule has 1 aromatic rings. The first kappa shape index (κ1) is 15.4. The third-order valence-corrected chi connectivity index (χ3v) is 2.33. The minimum Gasteiger partial charge on any atom is -0.479 e. The smallest absolute Gasteiger partial charge is 0.321 e. The van der Waals surface area contributed by atoms with Gasteiger partial charge in [0.1, 0.15) is 23.2 Å². The van der Waals surface area contributed by atoms with E-state index in [9.17, 15) is 14.0 Å². The first-order chi connectivity index (χ1) is 9.49. The normalized spacial score (nSPS) is 11.1. The molecule has 0 radical (unpaired) electrons. The average Bonchev–Trinajstić information content (AvgIpc) is 2.39. The largest absolute Gasteiger partial charge is 0.479 e. The van der Waals surface area contributed by atoms with Crippen molar-refractivity contribution in [3.05, 3.63) is 29.6 Å². The van der Waals surface area contributed by atoms with Crippen molar-refractivity contribution in [1.29, 1.82) is 5.26 Å². The minimum atomic E-state index is -1.05. The maximum atomic E-state index is 13.3. The van der Waals surface area contributed by atoms with Crippen molar-refractivity contribution in [2.24, 2.45) is 0 Å². The molecule has 0 fully saturated rings. The summed E-state index contributed by atoms with van der Waals surface area (Å²) in [7, 11) is 0. The number of carbonyl (C=O) groups excluding carboxylic acids is 2. The van der Waals surface area contributed by atoms with Crippen LogP contribution in [0.15, 0.2) is 18.2 Å². The molecule has 1 atom stereocenters. The highest BCUT2D eigenvalue weighted by atomic mass is 19.1. The van der Waals surface area contributed by atoms with Gasteiger partial charge >= 0.3 is 6.03 Å². The molecule has 0 aromatic heterocycles. The summed E-state index contributed by atoms with van der Waals surface area (Å²) < 4.78 is 18.5. The fourth-order valence-corrected chi connectivity index (χ4v) is 1.37. The summed E-state index contributed by atoms with van der Waals surface area (Å²) in [5.74, 6) is -1.48. The Morgan fingerprint density at radius 1 is 1.50 bits per heavy atom. The van der Waals surface area contributed by atoms with E-state index in [0.29, 0.717) is 6.54 Å². The number of hydrogen-bond acceptors (Lipinski definition) is 4. The van der Waals surface area contributed by atoms with Gasteiger partial charge in [0.15, 0.2) is 6.10 Å². The number of nitriles is 1. The van der Waals surface area contributed by atoms with Gasteiger partial charge in [-0.2, -0.15) is 5.26 Å². The van der Waals surface area contributed by atoms with E-state index in [2.05, 4.69) is 10.6 Å². The Hall–Kier alpha value is -2.62. The first-order valence-electron chi connectivity index (χ1n) is 5.93. The number of nitrogens with zero attached hydrogens (tertiary/aromatic N) is 1. The number of urea groups is 1. The lowest BCUT2D eigenvalue weighted by molar-refractivity contribution is -0.126. The molecule has 1 unspecified atom stereocenters. The minimum absolute atomic E-state index is 0.0500. The second-order valence-electron chi connectivity index (χ2n) is 3.83. The molecule has 3 amide bonds. The molecule has 0 saturated carbocycles. The third kappa shape index (κ3) is 3.95. The molecule has 2 N–H and O–H groups in total. The van der Waals surface area contributed by atoms with Crippen molar-refractivity contribution in [2.45, 2.75) is 20.0 Å². The van der Waals surface area contributed by atoms with Crippen molar-refractivity contribution in [2.75, 3.05) is 6.54 Å². The fraction of sp³-hybridized carbons (Fsp3) is 0.308. The van der Waals surface area contributed by atoms with E-state index in [1.54, 1.807) is 13.0 Å². The van der Waals surface area contributed by atoms with Gasteiger partial charge in [-0.05, 0) is 26.0 Å². The zero-order valence-electron chi connectivity index (χ0n) is 11.1. The van der Waals surface area contributed by atoms with Gasteiger partial charge in [0.2, 0.25) is 0 Å². The maximum absolute atomic E-state index is 13.3.